The van der Waals surface area contributed by atoms with Crippen LogP contribution < -0.4 is 4.74 Å². The van der Waals surface area contributed by atoms with Gasteiger partial charge in [0.1, 0.15) is 0 Å². The number of benzene rings is 1. The van der Waals surface area contributed by atoms with Gasteiger partial charge in [0.25, 0.3) is 0 Å². The Bertz CT molecular complexity index is 437. The number of phenols is 1. The smallest absolute Gasteiger partial charge is 0.246 e. The van der Waals surface area contributed by atoms with Gasteiger partial charge < -0.3 is 14.7 Å². The van der Waals surface area contributed by atoms with E-state index in [-0.39, 0.29) is 11.7 Å². The molecule has 0 aliphatic rings. The van der Waals surface area contributed by atoms with Crippen molar-refractivity contribution in [3.63, 3.8) is 0 Å². The van der Waals surface area contributed by atoms with Crippen LogP contribution in [0.15, 0.2) is 24.3 Å². The second-order valence-electron chi connectivity index (χ2n) is 3.78. The fourth-order valence-corrected chi connectivity index (χ4v) is 1.61. The van der Waals surface area contributed by atoms with Crippen molar-refractivity contribution in [2.45, 2.75) is 13.8 Å². The van der Waals surface area contributed by atoms with E-state index >= 15 is 0 Å². The summed E-state index contributed by atoms with van der Waals surface area (Å²) in [5.74, 6) is 0.462. The lowest BCUT2D eigenvalue weighted by Crippen LogP contribution is -2.28. The van der Waals surface area contributed by atoms with Crippen LogP contribution in [0.3, 0.4) is 0 Å². The third-order valence-electron chi connectivity index (χ3n) is 2.70. The zero-order chi connectivity index (χ0) is 13.5. The molecule has 4 nitrogen and oxygen atoms in total. The van der Waals surface area contributed by atoms with Gasteiger partial charge in [-0.15, -0.1) is 0 Å². The molecule has 1 rings (SSSR count). The topological polar surface area (TPSA) is 49.8 Å². The Hall–Kier alpha value is -1.97. The average molecular weight is 249 g/mol. The Morgan fingerprint density at radius 3 is 2.61 bits per heavy atom. The van der Waals surface area contributed by atoms with Gasteiger partial charge in [0.05, 0.1) is 7.11 Å². The van der Waals surface area contributed by atoms with Crippen LogP contribution in [0.5, 0.6) is 11.5 Å². The molecule has 0 spiro atoms. The summed E-state index contributed by atoms with van der Waals surface area (Å²) < 4.78 is 5.00. The zero-order valence-electron chi connectivity index (χ0n) is 11.0. The number of carbonyl (C=O) groups excluding carboxylic acids is 1. The SMILES string of the molecule is CCN(CC)C(=O)/C=C/c1ccc(O)c(OC)c1. The number of rotatable bonds is 5. The summed E-state index contributed by atoms with van der Waals surface area (Å²) in [5.41, 5.74) is 0.810. The number of likely N-dealkylation sites (N-methyl/N-ethyl adjacent to an activating group) is 1. The lowest BCUT2D eigenvalue weighted by molar-refractivity contribution is -0.125. The first-order chi connectivity index (χ1) is 8.62. The van der Waals surface area contributed by atoms with E-state index in [2.05, 4.69) is 0 Å². The molecule has 0 aromatic heterocycles. The Morgan fingerprint density at radius 2 is 2.06 bits per heavy atom. The summed E-state index contributed by atoms with van der Waals surface area (Å²) in [6, 6.07) is 4.95. The molecule has 18 heavy (non-hydrogen) atoms. The molecule has 0 radical (unpaired) electrons. The molecule has 0 heterocycles. The number of nitrogens with zero attached hydrogens (tertiary/aromatic N) is 1. The van der Waals surface area contributed by atoms with Gasteiger partial charge in [-0.3, -0.25) is 4.79 Å². The monoisotopic (exact) mass is 249 g/mol. The Labute approximate surface area is 107 Å². The Kier molecular flexibility index (Phi) is 5.24. The molecule has 0 atom stereocenters. The molecule has 0 unspecified atom stereocenters. The van der Waals surface area contributed by atoms with Gasteiger partial charge in [-0.1, -0.05) is 6.07 Å². The van der Waals surface area contributed by atoms with Gasteiger partial charge >= 0.3 is 0 Å². The number of ether oxygens (including phenoxy) is 1. The van der Waals surface area contributed by atoms with E-state index in [0.29, 0.717) is 18.8 Å². The molecule has 98 valence electrons. The van der Waals surface area contributed by atoms with Crippen LogP contribution in [0.25, 0.3) is 6.08 Å². The maximum atomic E-state index is 11.8. The predicted octanol–water partition coefficient (Wildman–Crippen LogP) is 2.28. The lowest BCUT2D eigenvalue weighted by Gasteiger charge is -2.15. The minimum absolute atomic E-state index is 0.0213. The molecule has 1 aromatic rings. The molecule has 0 bridgehead atoms. The van der Waals surface area contributed by atoms with Crippen LogP contribution in [0.2, 0.25) is 0 Å². The van der Waals surface area contributed by atoms with E-state index in [9.17, 15) is 9.90 Å². The van der Waals surface area contributed by atoms with Crippen LogP contribution in [-0.2, 0) is 4.79 Å². The number of hydrogen-bond donors (Lipinski definition) is 1. The van der Waals surface area contributed by atoms with Crippen molar-refractivity contribution < 1.29 is 14.6 Å². The fraction of sp³-hybridized carbons (Fsp3) is 0.357. The van der Waals surface area contributed by atoms with Gasteiger partial charge in [-0.05, 0) is 37.6 Å². The maximum Gasteiger partial charge on any atom is 0.246 e. The first kappa shape index (κ1) is 14.1. The highest BCUT2D eigenvalue weighted by Crippen LogP contribution is 2.26. The van der Waals surface area contributed by atoms with Crippen LogP contribution in [0.1, 0.15) is 19.4 Å². The molecule has 0 fully saturated rings. The highest BCUT2D eigenvalue weighted by Gasteiger charge is 2.05. The molecule has 0 saturated carbocycles. The second kappa shape index (κ2) is 6.69. The standard InChI is InChI=1S/C14H19NO3/c1-4-15(5-2)14(17)9-7-11-6-8-12(16)13(10-11)18-3/h6-10,16H,4-5H2,1-3H3/b9-7+. The molecule has 4 heteroatoms. The zero-order valence-corrected chi connectivity index (χ0v) is 11.0. The van der Waals surface area contributed by atoms with Crippen LogP contribution >= 0.6 is 0 Å². The van der Waals surface area contributed by atoms with Gasteiger partial charge in [0, 0.05) is 19.2 Å². The third kappa shape index (κ3) is 3.52. The highest BCUT2D eigenvalue weighted by atomic mass is 16.5. The van der Waals surface area contributed by atoms with Gasteiger partial charge in [-0.2, -0.15) is 0 Å². The minimum atomic E-state index is -0.0213. The average Bonchev–Trinajstić information content (AvgIpc) is 2.39. The fourth-order valence-electron chi connectivity index (χ4n) is 1.61. The predicted molar refractivity (Wildman–Crippen MR) is 71.6 cm³/mol. The molecule has 0 aliphatic heterocycles. The number of aromatic hydroxyl groups is 1. The van der Waals surface area contributed by atoms with Crippen molar-refractivity contribution >= 4 is 12.0 Å². The van der Waals surface area contributed by atoms with Crippen molar-refractivity contribution in [2.75, 3.05) is 20.2 Å². The third-order valence-corrected chi connectivity index (χ3v) is 2.70. The maximum absolute atomic E-state index is 11.8. The number of carbonyl (C=O) groups is 1. The van der Waals surface area contributed by atoms with Gasteiger partial charge in [-0.25, -0.2) is 0 Å². The number of hydrogen-bond acceptors (Lipinski definition) is 3. The highest BCUT2D eigenvalue weighted by molar-refractivity contribution is 5.91. The van der Waals surface area contributed by atoms with Gasteiger partial charge in [0.15, 0.2) is 11.5 Å². The molecular formula is C14H19NO3. The number of amides is 1. The van der Waals surface area contributed by atoms with E-state index in [0.717, 1.165) is 5.56 Å². The molecule has 0 aliphatic carbocycles. The van der Waals surface area contributed by atoms with E-state index in [1.165, 1.54) is 13.2 Å². The number of methoxy groups -OCH3 is 1. The van der Waals surface area contributed by atoms with Crippen molar-refractivity contribution in [3.8, 4) is 11.5 Å². The summed E-state index contributed by atoms with van der Waals surface area (Å²) in [4.78, 5) is 13.5. The van der Waals surface area contributed by atoms with Crippen molar-refractivity contribution in [1.82, 2.24) is 4.90 Å². The van der Waals surface area contributed by atoms with Crippen LogP contribution in [-0.4, -0.2) is 36.1 Å². The summed E-state index contributed by atoms with van der Waals surface area (Å²) >= 11 is 0. The summed E-state index contributed by atoms with van der Waals surface area (Å²) in [6.07, 6.45) is 3.24. The first-order valence-electron chi connectivity index (χ1n) is 5.96. The Morgan fingerprint density at radius 1 is 1.39 bits per heavy atom. The number of phenolic OH excluding ortho intramolecular Hbond substituents is 1. The quantitative estimate of drug-likeness (QED) is 0.814. The van der Waals surface area contributed by atoms with Crippen molar-refractivity contribution in [1.29, 1.82) is 0 Å². The van der Waals surface area contributed by atoms with Crippen LogP contribution in [0.4, 0.5) is 0 Å². The second-order valence-corrected chi connectivity index (χ2v) is 3.78. The summed E-state index contributed by atoms with van der Waals surface area (Å²) in [7, 11) is 1.49. The van der Waals surface area contributed by atoms with E-state index in [4.69, 9.17) is 4.74 Å². The summed E-state index contributed by atoms with van der Waals surface area (Å²) in [5, 5.41) is 9.45. The molecule has 0 saturated heterocycles. The normalized spacial score (nSPS) is 10.6. The van der Waals surface area contributed by atoms with Gasteiger partial charge in [0.2, 0.25) is 5.91 Å². The largest absolute Gasteiger partial charge is 0.504 e. The van der Waals surface area contributed by atoms with E-state index in [1.807, 2.05) is 13.8 Å². The lowest BCUT2D eigenvalue weighted by atomic mass is 10.2. The van der Waals surface area contributed by atoms with E-state index in [1.54, 1.807) is 29.2 Å². The molecule has 1 amide bonds. The minimum Gasteiger partial charge on any atom is -0.504 e. The van der Waals surface area contributed by atoms with Crippen molar-refractivity contribution in [2.24, 2.45) is 0 Å². The molecule has 1 N–H and O–H groups in total. The van der Waals surface area contributed by atoms with Crippen molar-refractivity contribution in [3.05, 3.63) is 29.8 Å². The molecular weight excluding hydrogens is 230 g/mol. The Balaban J connectivity index is 2.81. The van der Waals surface area contributed by atoms with Crippen LogP contribution in [0, 0.1) is 0 Å². The molecule has 1 aromatic carbocycles. The van der Waals surface area contributed by atoms with E-state index < -0.39 is 0 Å². The first-order valence-corrected chi connectivity index (χ1v) is 5.96. The summed E-state index contributed by atoms with van der Waals surface area (Å²) in [6.45, 7) is 5.27.